The number of fused-ring (bicyclic) bond motifs is 1. The molecule has 0 amide bonds. The van der Waals surface area contributed by atoms with E-state index in [-0.39, 0.29) is 0 Å². The topological polar surface area (TPSA) is 15.3 Å². The summed E-state index contributed by atoms with van der Waals surface area (Å²) >= 11 is 0. The van der Waals surface area contributed by atoms with Crippen molar-refractivity contribution < 1.29 is 0 Å². The van der Waals surface area contributed by atoms with Crippen LogP contribution in [0.15, 0.2) is 0 Å². The second kappa shape index (κ2) is 5.61. The second-order valence-corrected chi connectivity index (χ2v) is 3.74. The van der Waals surface area contributed by atoms with Gasteiger partial charge in [0.05, 0.1) is 0 Å². The van der Waals surface area contributed by atoms with Crippen LogP contribution in [0.4, 0.5) is 0 Å². The molecule has 0 radical (unpaired) electrons. The fourth-order valence-electron chi connectivity index (χ4n) is 2.55. The Labute approximate surface area is 82.7 Å². The lowest BCUT2D eigenvalue weighted by Crippen LogP contribution is -2.45. The van der Waals surface area contributed by atoms with E-state index < -0.39 is 0 Å². The molecule has 0 aromatic carbocycles. The standard InChI is InChI=1S/C9H18N2.C2H6/c1-2-11-6-4-8-3-5-10-7-9(8)11;1-2/h8-10H,2-7H2,1H3;1-2H3. The maximum Gasteiger partial charge on any atom is 0.0249 e. The number of piperidine rings is 1. The fraction of sp³-hybridized carbons (Fsp3) is 1.00. The number of hydrogen-bond acceptors (Lipinski definition) is 2. The van der Waals surface area contributed by atoms with Crippen LogP contribution < -0.4 is 5.32 Å². The summed E-state index contributed by atoms with van der Waals surface area (Å²) in [6, 6.07) is 0.869. The Kier molecular flexibility index (Phi) is 4.74. The summed E-state index contributed by atoms with van der Waals surface area (Å²) in [4.78, 5) is 2.62. The van der Waals surface area contributed by atoms with Crippen molar-refractivity contribution in [2.75, 3.05) is 26.2 Å². The highest BCUT2D eigenvalue weighted by molar-refractivity contribution is 4.90. The third-order valence-electron chi connectivity index (χ3n) is 3.25. The third kappa shape index (κ3) is 2.44. The Bertz CT molecular complexity index is 130. The molecule has 0 aliphatic carbocycles. The molecule has 2 unspecified atom stereocenters. The Morgan fingerprint density at radius 3 is 2.77 bits per heavy atom. The van der Waals surface area contributed by atoms with Crippen LogP contribution in [0, 0.1) is 5.92 Å². The minimum Gasteiger partial charge on any atom is -0.315 e. The highest BCUT2D eigenvalue weighted by Gasteiger charge is 2.34. The predicted octanol–water partition coefficient (Wildman–Crippen LogP) is 1.72. The molecule has 2 heterocycles. The summed E-state index contributed by atoms with van der Waals surface area (Å²) in [7, 11) is 0. The number of nitrogens with zero attached hydrogens (tertiary/aromatic N) is 1. The fourth-order valence-corrected chi connectivity index (χ4v) is 2.55. The van der Waals surface area contributed by atoms with Crippen LogP contribution in [0.3, 0.4) is 0 Å². The van der Waals surface area contributed by atoms with E-state index in [2.05, 4.69) is 17.1 Å². The molecule has 2 rings (SSSR count). The summed E-state index contributed by atoms with van der Waals surface area (Å²) in [5.41, 5.74) is 0. The Morgan fingerprint density at radius 2 is 2.08 bits per heavy atom. The van der Waals surface area contributed by atoms with Crippen LogP contribution in [0.25, 0.3) is 0 Å². The van der Waals surface area contributed by atoms with E-state index in [1.54, 1.807) is 0 Å². The van der Waals surface area contributed by atoms with E-state index in [0.717, 1.165) is 12.0 Å². The zero-order chi connectivity index (χ0) is 9.68. The third-order valence-corrected chi connectivity index (χ3v) is 3.25. The van der Waals surface area contributed by atoms with E-state index in [0.29, 0.717) is 0 Å². The molecule has 2 aliphatic heterocycles. The van der Waals surface area contributed by atoms with Gasteiger partial charge in [-0.2, -0.15) is 0 Å². The number of likely N-dealkylation sites (N-methyl/N-ethyl adjacent to an activating group) is 1. The van der Waals surface area contributed by atoms with Gasteiger partial charge in [0, 0.05) is 12.6 Å². The number of likely N-dealkylation sites (tertiary alicyclic amines) is 1. The molecule has 0 saturated carbocycles. The van der Waals surface area contributed by atoms with Gasteiger partial charge >= 0.3 is 0 Å². The largest absolute Gasteiger partial charge is 0.315 e. The molecule has 78 valence electrons. The van der Waals surface area contributed by atoms with Gasteiger partial charge in [0.1, 0.15) is 0 Å². The lowest BCUT2D eigenvalue weighted by atomic mass is 9.93. The van der Waals surface area contributed by atoms with Gasteiger partial charge in [-0.15, -0.1) is 0 Å². The minimum atomic E-state index is 0.869. The number of rotatable bonds is 1. The highest BCUT2D eigenvalue weighted by atomic mass is 15.2. The van der Waals surface area contributed by atoms with Crippen LogP contribution >= 0.6 is 0 Å². The summed E-state index contributed by atoms with van der Waals surface area (Å²) in [6.07, 6.45) is 2.85. The molecule has 0 aromatic heterocycles. The van der Waals surface area contributed by atoms with Gasteiger partial charge in [0.2, 0.25) is 0 Å². The lowest BCUT2D eigenvalue weighted by molar-refractivity contribution is 0.203. The Hall–Kier alpha value is -0.0800. The van der Waals surface area contributed by atoms with Crippen LogP contribution in [0.1, 0.15) is 33.6 Å². The van der Waals surface area contributed by atoms with E-state index in [1.807, 2.05) is 13.8 Å². The molecule has 0 bridgehead atoms. The molecule has 0 aromatic rings. The number of hydrogen-bond donors (Lipinski definition) is 1. The molecule has 13 heavy (non-hydrogen) atoms. The molecule has 2 heteroatoms. The lowest BCUT2D eigenvalue weighted by Gasteiger charge is -2.31. The smallest absolute Gasteiger partial charge is 0.0249 e. The van der Waals surface area contributed by atoms with Crippen molar-refractivity contribution >= 4 is 0 Å². The average molecular weight is 184 g/mol. The summed E-state index contributed by atoms with van der Waals surface area (Å²) in [6.45, 7) is 11.3. The first-order valence-electron chi connectivity index (χ1n) is 5.86. The normalized spacial score (nSPS) is 33.5. The van der Waals surface area contributed by atoms with Gasteiger partial charge < -0.3 is 5.32 Å². The van der Waals surface area contributed by atoms with Crippen molar-refractivity contribution in [2.24, 2.45) is 5.92 Å². The van der Waals surface area contributed by atoms with Gasteiger partial charge in [-0.05, 0) is 38.4 Å². The summed E-state index contributed by atoms with van der Waals surface area (Å²) in [5, 5.41) is 3.48. The molecule has 2 nitrogen and oxygen atoms in total. The van der Waals surface area contributed by atoms with Crippen molar-refractivity contribution in [1.82, 2.24) is 10.2 Å². The molecule has 1 N–H and O–H groups in total. The molecule has 2 aliphatic rings. The van der Waals surface area contributed by atoms with Crippen LogP contribution in [0.2, 0.25) is 0 Å². The molecule has 0 spiro atoms. The Morgan fingerprint density at radius 1 is 1.31 bits per heavy atom. The number of nitrogens with one attached hydrogen (secondary N) is 1. The van der Waals surface area contributed by atoms with E-state index >= 15 is 0 Å². The van der Waals surface area contributed by atoms with Gasteiger partial charge in [-0.25, -0.2) is 0 Å². The summed E-state index contributed by atoms with van der Waals surface area (Å²) in [5.74, 6) is 1.01. The molecule has 2 fully saturated rings. The molecule has 2 atom stereocenters. The van der Waals surface area contributed by atoms with Gasteiger partial charge in [-0.1, -0.05) is 20.8 Å². The zero-order valence-electron chi connectivity index (χ0n) is 9.34. The first kappa shape index (κ1) is 11.0. The van der Waals surface area contributed by atoms with Gasteiger partial charge in [-0.3, -0.25) is 4.90 Å². The summed E-state index contributed by atoms with van der Waals surface area (Å²) < 4.78 is 0. The highest BCUT2D eigenvalue weighted by Crippen LogP contribution is 2.28. The molecule has 2 saturated heterocycles. The van der Waals surface area contributed by atoms with Crippen molar-refractivity contribution in [2.45, 2.75) is 39.7 Å². The SMILES string of the molecule is CC.CCN1CCC2CCNCC21. The zero-order valence-corrected chi connectivity index (χ0v) is 9.34. The van der Waals surface area contributed by atoms with Gasteiger partial charge in [0.25, 0.3) is 0 Å². The van der Waals surface area contributed by atoms with E-state index in [4.69, 9.17) is 0 Å². The van der Waals surface area contributed by atoms with Crippen molar-refractivity contribution in [3.05, 3.63) is 0 Å². The monoisotopic (exact) mass is 184 g/mol. The second-order valence-electron chi connectivity index (χ2n) is 3.74. The van der Waals surface area contributed by atoms with Crippen molar-refractivity contribution in [3.63, 3.8) is 0 Å². The van der Waals surface area contributed by atoms with E-state index in [9.17, 15) is 0 Å². The first-order valence-corrected chi connectivity index (χ1v) is 5.86. The maximum absolute atomic E-state index is 3.48. The van der Waals surface area contributed by atoms with Crippen molar-refractivity contribution in [1.29, 1.82) is 0 Å². The minimum absolute atomic E-state index is 0.869. The molecular weight excluding hydrogens is 160 g/mol. The van der Waals surface area contributed by atoms with Gasteiger partial charge in [0.15, 0.2) is 0 Å². The quantitative estimate of drug-likeness (QED) is 0.667. The van der Waals surface area contributed by atoms with Crippen LogP contribution in [0.5, 0.6) is 0 Å². The first-order chi connectivity index (χ1) is 6.42. The average Bonchev–Trinajstić information content (AvgIpc) is 2.64. The van der Waals surface area contributed by atoms with Crippen LogP contribution in [-0.4, -0.2) is 37.1 Å². The Balaban J connectivity index is 0.000000396. The van der Waals surface area contributed by atoms with Crippen LogP contribution in [-0.2, 0) is 0 Å². The predicted molar refractivity (Wildman–Crippen MR) is 58.0 cm³/mol. The van der Waals surface area contributed by atoms with E-state index in [1.165, 1.54) is 39.0 Å². The van der Waals surface area contributed by atoms with Crippen molar-refractivity contribution in [3.8, 4) is 0 Å². The molecular formula is C11H24N2. The maximum atomic E-state index is 3.48.